The van der Waals surface area contributed by atoms with Crippen LogP contribution in [0.2, 0.25) is 5.02 Å². The fourth-order valence-electron chi connectivity index (χ4n) is 3.77. The molecule has 1 saturated heterocycles. The zero-order valence-corrected chi connectivity index (χ0v) is 13.1. The molecule has 2 aliphatic heterocycles. The van der Waals surface area contributed by atoms with Crippen molar-refractivity contribution in [1.29, 1.82) is 0 Å². The number of hydrogen-bond acceptors (Lipinski definition) is 3. The van der Waals surface area contributed by atoms with E-state index in [0.717, 1.165) is 37.2 Å². The summed E-state index contributed by atoms with van der Waals surface area (Å²) < 4.78 is 13.7. The maximum atomic E-state index is 13.7. The van der Waals surface area contributed by atoms with Gasteiger partial charge in [-0.1, -0.05) is 17.7 Å². The quantitative estimate of drug-likeness (QED) is 0.842. The molecule has 1 fully saturated rings. The van der Waals surface area contributed by atoms with E-state index in [1.54, 1.807) is 12.1 Å². The Kier molecular flexibility index (Phi) is 3.39. The Balaban J connectivity index is 1.64. The lowest BCUT2D eigenvalue weighted by atomic mass is 9.98. The molecule has 0 amide bonds. The molecule has 2 bridgehead atoms. The Morgan fingerprint density at radius 2 is 2.23 bits per heavy atom. The summed E-state index contributed by atoms with van der Waals surface area (Å²) in [6.45, 7) is 2.68. The summed E-state index contributed by atoms with van der Waals surface area (Å²) in [6.07, 6.45) is 5.22. The molecule has 0 radical (unpaired) electrons. The van der Waals surface area contributed by atoms with Crippen LogP contribution < -0.4 is 0 Å². The first-order valence-electron chi connectivity index (χ1n) is 7.64. The first kappa shape index (κ1) is 14.1. The lowest BCUT2D eigenvalue weighted by molar-refractivity contribution is 0.166. The van der Waals surface area contributed by atoms with Gasteiger partial charge in [0.2, 0.25) is 0 Å². The molecule has 0 saturated carbocycles. The van der Waals surface area contributed by atoms with Crippen molar-refractivity contribution in [3.05, 3.63) is 57.9 Å². The Morgan fingerprint density at radius 1 is 1.36 bits per heavy atom. The Morgan fingerprint density at radius 3 is 3.05 bits per heavy atom. The third-order valence-corrected chi connectivity index (χ3v) is 5.11. The monoisotopic (exact) mass is 317 g/mol. The van der Waals surface area contributed by atoms with Crippen molar-refractivity contribution in [3.8, 4) is 0 Å². The SMILES string of the molecule is Cc1ncc2c(n1)C[C@@H]1CC[C@H]2N1Cc1ccc(Cl)c(F)c1. The van der Waals surface area contributed by atoms with Crippen LogP contribution in [0.4, 0.5) is 4.39 Å². The highest BCUT2D eigenvalue weighted by Crippen LogP contribution is 2.43. The van der Waals surface area contributed by atoms with Crippen LogP contribution >= 0.6 is 11.6 Å². The third-order valence-electron chi connectivity index (χ3n) is 4.80. The molecule has 3 nitrogen and oxygen atoms in total. The van der Waals surface area contributed by atoms with Gasteiger partial charge in [0.15, 0.2) is 0 Å². The van der Waals surface area contributed by atoms with E-state index in [-0.39, 0.29) is 10.8 Å². The number of nitrogens with zero attached hydrogens (tertiary/aromatic N) is 3. The van der Waals surface area contributed by atoms with Gasteiger partial charge in [-0.05, 0) is 37.5 Å². The van der Waals surface area contributed by atoms with Gasteiger partial charge in [0.05, 0.1) is 10.7 Å². The van der Waals surface area contributed by atoms with Crippen molar-refractivity contribution in [1.82, 2.24) is 14.9 Å². The van der Waals surface area contributed by atoms with Gasteiger partial charge < -0.3 is 0 Å². The molecule has 114 valence electrons. The second kappa shape index (κ2) is 5.28. The maximum Gasteiger partial charge on any atom is 0.142 e. The summed E-state index contributed by atoms with van der Waals surface area (Å²) in [5.41, 5.74) is 3.41. The molecular formula is C17H17ClFN3. The van der Waals surface area contributed by atoms with E-state index in [2.05, 4.69) is 14.9 Å². The molecule has 2 atom stereocenters. The molecule has 22 heavy (non-hydrogen) atoms. The van der Waals surface area contributed by atoms with Gasteiger partial charge >= 0.3 is 0 Å². The summed E-state index contributed by atoms with van der Waals surface area (Å²) in [6, 6.07) is 5.94. The van der Waals surface area contributed by atoms with Crippen LogP contribution in [0, 0.1) is 12.7 Å². The van der Waals surface area contributed by atoms with E-state index < -0.39 is 0 Å². The lowest BCUT2D eigenvalue weighted by Gasteiger charge is -2.35. The van der Waals surface area contributed by atoms with Crippen LogP contribution in [-0.4, -0.2) is 20.9 Å². The Bertz CT molecular complexity index is 734. The van der Waals surface area contributed by atoms with E-state index >= 15 is 0 Å². The van der Waals surface area contributed by atoms with Crippen molar-refractivity contribution in [3.63, 3.8) is 0 Å². The van der Waals surface area contributed by atoms with E-state index in [9.17, 15) is 4.39 Å². The molecule has 4 rings (SSSR count). The summed E-state index contributed by atoms with van der Waals surface area (Å²) in [7, 11) is 0. The molecule has 1 aromatic carbocycles. The first-order chi connectivity index (χ1) is 10.6. The molecule has 0 unspecified atom stereocenters. The minimum absolute atomic E-state index is 0.180. The zero-order chi connectivity index (χ0) is 15.3. The molecule has 0 spiro atoms. The minimum atomic E-state index is -0.345. The fraction of sp³-hybridized carbons (Fsp3) is 0.412. The molecule has 3 heterocycles. The molecular weight excluding hydrogens is 301 g/mol. The standard InChI is InChI=1S/C17H17ClFN3/c1-10-20-8-13-16(21-10)7-12-3-5-17(13)22(12)9-11-2-4-14(18)15(19)6-11/h2,4,6,8,12,17H,3,5,7,9H2,1H3/t12-,17+/m0/s1. The summed E-state index contributed by atoms with van der Waals surface area (Å²) in [5.74, 6) is 0.495. The van der Waals surface area contributed by atoms with E-state index in [0.29, 0.717) is 12.1 Å². The Hall–Kier alpha value is -1.52. The van der Waals surface area contributed by atoms with Gasteiger partial charge in [-0.25, -0.2) is 14.4 Å². The average Bonchev–Trinajstić information content (AvgIpc) is 2.76. The maximum absolute atomic E-state index is 13.7. The van der Waals surface area contributed by atoms with Gasteiger partial charge in [0, 0.05) is 36.8 Å². The lowest BCUT2D eigenvalue weighted by Crippen LogP contribution is -2.37. The highest BCUT2D eigenvalue weighted by atomic mass is 35.5. The Labute approximate surface area is 134 Å². The van der Waals surface area contributed by atoms with E-state index in [1.165, 1.54) is 11.3 Å². The first-order valence-corrected chi connectivity index (χ1v) is 8.01. The molecule has 1 aromatic heterocycles. The van der Waals surface area contributed by atoms with Gasteiger partial charge in [0.25, 0.3) is 0 Å². The van der Waals surface area contributed by atoms with Crippen LogP contribution in [0.3, 0.4) is 0 Å². The largest absolute Gasteiger partial charge is 0.289 e. The second-order valence-corrected chi connectivity index (χ2v) is 6.60. The van der Waals surface area contributed by atoms with Gasteiger partial charge in [-0.3, -0.25) is 4.90 Å². The predicted molar refractivity (Wildman–Crippen MR) is 83.2 cm³/mol. The van der Waals surface area contributed by atoms with Crippen molar-refractivity contribution >= 4 is 11.6 Å². The van der Waals surface area contributed by atoms with Crippen LogP contribution in [0.15, 0.2) is 24.4 Å². The average molecular weight is 318 g/mol. The number of hydrogen-bond donors (Lipinski definition) is 0. The molecule has 2 aliphatic rings. The number of fused-ring (bicyclic) bond motifs is 4. The zero-order valence-electron chi connectivity index (χ0n) is 12.4. The van der Waals surface area contributed by atoms with Crippen LogP contribution in [0.25, 0.3) is 0 Å². The van der Waals surface area contributed by atoms with Crippen LogP contribution in [0.5, 0.6) is 0 Å². The number of aromatic nitrogens is 2. The van der Waals surface area contributed by atoms with Crippen molar-refractivity contribution in [2.24, 2.45) is 0 Å². The summed E-state index contributed by atoms with van der Waals surface area (Å²) in [5, 5.41) is 0.180. The van der Waals surface area contributed by atoms with Gasteiger partial charge in [-0.2, -0.15) is 0 Å². The van der Waals surface area contributed by atoms with Gasteiger partial charge in [-0.15, -0.1) is 0 Å². The fourth-order valence-corrected chi connectivity index (χ4v) is 3.89. The molecule has 5 heteroatoms. The van der Waals surface area contributed by atoms with Crippen molar-refractivity contribution in [2.45, 2.75) is 44.8 Å². The smallest absolute Gasteiger partial charge is 0.142 e. The van der Waals surface area contributed by atoms with Gasteiger partial charge in [0.1, 0.15) is 11.6 Å². The second-order valence-electron chi connectivity index (χ2n) is 6.19. The number of benzene rings is 1. The van der Waals surface area contributed by atoms with Crippen LogP contribution in [0.1, 0.15) is 41.5 Å². The summed E-state index contributed by atoms with van der Waals surface area (Å²) in [4.78, 5) is 11.4. The third kappa shape index (κ3) is 2.31. The van der Waals surface area contributed by atoms with Crippen molar-refractivity contribution < 1.29 is 4.39 Å². The van der Waals surface area contributed by atoms with E-state index in [4.69, 9.17) is 11.6 Å². The summed E-state index contributed by atoms with van der Waals surface area (Å²) >= 11 is 5.77. The highest BCUT2D eigenvalue weighted by Gasteiger charge is 2.40. The van der Waals surface area contributed by atoms with Crippen molar-refractivity contribution in [2.75, 3.05) is 0 Å². The van der Waals surface area contributed by atoms with Crippen LogP contribution in [-0.2, 0) is 13.0 Å². The number of rotatable bonds is 2. The minimum Gasteiger partial charge on any atom is -0.289 e. The molecule has 2 aromatic rings. The molecule has 0 aliphatic carbocycles. The molecule has 0 N–H and O–H groups in total. The number of halogens is 2. The normalized spacial score (nSPS) is 23.6. The predicted octanol–water partition coefficient (Wildman–Crippen LogP) is 3.84. The topological polar surface area (TPSA) is 29.0 Å². The number of aryl methyl sites for hydroxylation is 1. The highest BCUT2D eigenvalue weighted by molar-refractivity contribution is 6.30. The van der Waals surface area contributed by atoms with E-state index in [1.807, 2.05) is 19.2 Å².